The van der Waals surface area contributed by atoms with E-state index >= 15 is 0 Å². The van der Waals surface area contributed by atoms with Crippen LogP contribution in [0.15, 0.2) is 23.1 Å². The van der Waals surface area contributed by atoms with Gasteiger partial charge in [-0.05, 0) is 25.2 Å². The van der Waals surface area contributed by atoms with Gasteiger partial charge in [0.05, 0.1) is 16.7 Å². The molecule has 14 heavy (non-hydrogen) atoms. The normalized spacial score (nSPS) is 10.9. The lowest BCUT2D eigenvalue weighted by molar-refractivity contribution is 0.588. The number of hydrogen-bond acceptors (Lipinski definition) is 3. The van der Waals surface area contributed by atoms with E-state index in [1.165, 1.54) is 25.2 Å². The molecule has 0 radical (unpaired) electrons. The third kappa shape index (κ3) is 2.04. The Balaban J connectivity index is 3.35. The Kier molecular flexibility index (Phi) is 3.11. The van der Waals surface area contributed by atoms with Gasteiger partial charge in [0.1, 0.15) is 4.90 Å². The molecule has 0 heterocycles. The van der Waals surface area contributed by atoms with Crippen molar-refractivity contribution < 1.29 is 8.42 Å². The highest BCUT2D eigenvalue weighted by Crippen LogP contribution is 2.21. The summed E-state index contributed by atoms with van der Waals surface area (Å²) >= 11 is 5.70. The minimum absolute atomic E-state index is 0.0272. The van der Waals surface area contributed by atoms with E-state index in [4.69, 9.17) is 16.9 Å². The summed E-state index contributed by atoms with van der Waals surface area (Å²) in [6.07, 6.45) is 0. The maximum Gasteiger partial charge on any atom is 0.241 e. The fraction of sp³-hybridized carbons (Fsp3) is 0.125. The summed E-state index contributed by atoms with van der Waals surface area (Å²) in [5, 5.41) is 8.58. The second-order valence-corrected chi connectivity index (χ2v) is 4.73. The molecule has 1 N–H and O–H groups in total. The van der Waals surface area contributed by atoms with Crippen molar-refractivity contribution >= 4 is 21.6 Å². The lowest BCUT2D eigenvalue weighted by atomic mass is 10.2. The smallest absolute Gasteiger partial charge is 0.214 e. The molecule has 0 atom stereocenters. The molecule has 1 aromatic rings. The van der Waals surface area contributed by atoms with Crippen LogP contribution in [-0.2, 0) is 10.0 Å². The summed E-state index contributed by atoms with van der Waals surface area (Å²) in [4.78, 5) is -0.0272. The van der Waals surface area contributed by atoms with Crippen molar-refractivity contribution in [2.45, 2.75) is 4.90 Å². The van der Waals surface area contributed by atoms with Crippen molar-refractivity contribution in [3.63, 3.8) is 0 Å². The molecule has 0 spiro atoms. The number of halogens is 1. The Morgan fingerprint density at radius 1 is 1.50 bits per heavy atom. The lowest BCUT2D eigenvalue weighted by Crippen LogP contribution is -2.18. The number of nitriles is 1. The molecule has 74 valence electrons. The van der Waals surface area contributed by atoms with Crippen molar-refractivity contribution in [1.29, 1.82) is 5.26 Å². The Labute approximate surface area is 87.2 Å². The van der Waals surface area contributed by atoms with E-state index in [1.807, 2.05) is 6.07 Å². The number of rotatable bonds is 2. The summed E-state index contributed by atoms with van der Waals surface area (Å²) < 4.78 is 24.8. The molecular weight excluding hydrogens is 224 g/mol. The molecule has 0 amide bonds. The molecule has 0 aliphatic heterocycles. The van der Waals surface area contributed by atoms with Gasteiger partial charge < -0.3 is 0 Å². The maximum absolute atomic E-state index is 11.3. The molecular formula is C8H7ClN2O2S. The molecule has 0 bridgehead atoms. The third-order valence-corrected chi connectivity index (χ3v) is 3.52. The zero-order valence-electron chi connectivity index (χ0n) is 7.28. The number of nitrogens with zero attached hydrogens (tertiary/aromatic N) is 1. The van der Waals surface area contributed by atoms with Crippen LogP contribution in [0.1, 0.15) is 5.56 Å². The minimum atomic E-state index is -3.55. The fourth-order valence-electron chi connectivity index (χ4n) is 0.898. The van der Waals surface area contributed by atoms with Gasteiger partial charge in [0.2, 0.25) is 10.0 Å². The Bertz CT molecular complexity index is 491. The fourth-order valence-corrected chi connectivity index (χ4v) is 2.17. The van der Waals surface area contributed by atoms with Crippen LogP contribution >= 0.6 is 11.6 Å². The summed E-state index contributed by atoms with van der Waals surface area (Å²) in [5.74, 6) is 0. The molecule has 6 heteroatoms. The molecule has 0 aromatic heterocycles. The van der Waals surface area contributed by atoms with E-state index in [2.05, 4.69) is 4.72 Å². The molecule has 1 rings (SSSR count). The van der Waals surface area contributed by atoms with E-state index in [-0.39, 0.29) is 9.92 Å². The van der Waals surface area contributed by atoms with Crippen molar-refractivity contribution in [2.75, 3.05) is 7.05 Å². The van der Waals surface area contributed by atoms with Crippen molar-refractivity contribution in [3.05, 3.63) is 28.8 Å². The summed E-state index contributed by atoms with van der Waals surface area (Å²) in [6, 6.07) is 5.87. The van der Waals surface area contributed by atoms with E-state index in [1.54, 1.807) is 0 Å². The topological polar surface area (TPSA) is 70.0 Å². The van der Waals surface area contributed by atoms with Gasteiger partial charge in [0.15, 0.2) is 0 Å². The van der Waals surface area contributed by atoms with Gasteiger partial charge in [-0.2, -0.15) is 5.26 Å². The van der Waals surface area contributed by atoms with Crippen LogP contribution < -0.4 is 4.72 Å². The third-order valence-electron chi connectivity index (χ3n) is 1.62. The highest BCUT2D eigenvalue weighted by Gasteiger charge is 2.15. The Morgan fingerprint density at radius 2 is 2.14 bits per heavy atom. The first-order chi connectivity index (χ1) is 6.51. The van der Waals surface area contributed by atoms with Gasteiger partial charge in [0, 0.05) is 0 Å². The average molecular weight is 231 g/mol. The van der Waals surface area contributed by atoms with Crippen LogP contribution in [0.2, 0.25) is 5.02 Å². The van der Waals surface area contributed by atoms with Gasteiger partial charge in [-0.1, -0.05) is 11.6 Å². The van der Waals surface area contributed by atoms with Gasteiger partial charge in [-0.25, -0.2) is 13.1 Å². The second-order valence-electron chi connectivity index (χ2n) is 2.46. The Hall–Kier alpha value is -1.09. The zero-order valence-corrected chi connectivity index (χ0v) is 8.85. The molecule has 4 nitrogen and oxygen atoms in total. The number of benzene rings is 1. The predicted octanol–water partition coefficient (Wildman–Crippen LogP) is 1.12. The van der Waals surface area contributed by atoms with Crippen LogP contribution in [0.3, 0.4) is 0 Å². The molecule has 0 unspecified atom stereocenters. The highest BCUT2D eigenvalue weighted by molar-refractivity contribution is 7.89. The number of nitrogens with one attached hydrogen (secondary N) is 1. The van der Waals surface area contributed by atoms with Crippen LogP contribution in [0.4, 0.5) is 0 Å². The SMILES string of the molecule is CNS(=O)(=O)c1ccc(C#N)cc1Cl. The number of sulfonamides is 1. The number of hydrogen-bond donors (Lipinski definition) is 1. The molecule has 0 saturated heterocycles. The average Bonchev–Trinajstić information content (AvgIpc) is 2.17. The van der Waals surface area contributed by atoms with E-state index in [9.17, 15) is 8.42 Å². The van der Waals surface area contributed by atoms with Crippen molar-refractivity contribution in [2.24, 2.45) is 0 Å². The predicted molar refractivity (Wildman–Crippen MR) is 52.4 cm³/mol. The Morgan fingerprint density at radius 3 is 2.57 bits per heavy atom. The highest BCUT2D eigenvalue weighted by atomic mass is 35.5. The molecule has 0 aliphatic rings. The molecule has 0 saturated carbocycles. The molecule has 1 aromatic carbocycles. The van der Waals surface area contributed by atoms with Crippen LogP contribution in [0.25, 0.3) is 0 Å². The van der Waals surface area contributed by atoms with Gasteiger partial charge in [0.25, 0.3) is 0 Å². The monoisotopic (exact) mass is 230 g/mol. The quantitative estimate of drug-likeness (QED) is 0.828. The van der Waals surface area contributed by atoms with Gasteiger partial charge in [-0.15, -0.1) is 0 Å². The first-order valence-electron chi connectivity index (χ1n) is 3.64. The first-order valence-corrected chi connectivity index (χ1v) is 5.50. The molecule has 0 fully saturated rings. The summed E-state index contributed by atoms with van der Waals surface area (Å²) in [5.41, 5.74) is 0.324. The summed E-state index contributed by atoms with van der Waals surface area (Å²) in [6.45, 7) is 0. The van der Waals surface area contributed by atoms with Crippen molar-refractivity contribution in [1.82, 2.24) is 4.72 Å². The van der Waals surface area contributed by atoms with E-state index < -0.39 is 10.0 Å². The van der Waals surface area contributed by atoms with Crippen molar-refractivity contribution in [3.8, 4) is 6.07 Å². The second kappa shape index (κ2) is 3.96. The lowest BCUT2D eigenvalue weighted by Gasteiger charge is -2.04. The van der Waals surface area contributed by atoms with E-state index in [0.29, 0.717) is 5.56 Å². The molecule has 0 aliphatic carbocycles. The first kappa shape index (κ1) is 11.0. The van der Waals surface area contributed by atoms with E-state index in [0.717, 1.165) is 0 Å². The van der Waals surface area contributed by atoms with Crippen LogP contribution in [0, 0.1) is 11.3 Å². The largest absolute Gasteiger partial charge is 0.241 e. The summed E-state index contributed by atoms with van der Waals surface area (Å²) in [7, 11) is -2.25. The van der Waals surface area contributed by atoms with Crippen LogP contribution in [0.5, 0.6) is 0 Å². The van der Waals surface area contributed by atoms with Gasteiger partial charge >= 0.3 is 0 Å². The van der Waals surface area contributed by atoms with Crippen LogP contribution in [-0.4, -0.2) is 15.5 Å². The van der Waals surface area contributed by atoms with Gasteiger partial charge in [-0.3, -0.25) is 0 Å². The maximum atomic E-state index is 11.3. The standard InChI is InChI=1S/C8H7ClN2O2S/c1-11-14(12,13)8-3-2-6(5-10)4-7(8)9/h2-4,11H,1H3. The zero-order chi connectivity index (χ0) is 10.8. The minimum Gasteiger partial charge on any atom is -0.214 e.